The summed E-state index contributed by atoms with van der Waals surface area (Å²) in [7, 11) is 3.52. The zero-order valence-corrected chi connectivity index (χ0v) is 16.7. The third-order valence-electron chi connectivity index (χ3n) is 6.29. The summed E-state index contributed by atoms with van der Waals surface area (Å²) < 4.78 is 0. The number of nitrogens with zero attached hydrogens (tertiary/aromatic N) is 2. The van der Waals surface area contributed by atoms with Crippen molar-refractivity contribution in [3.8, 4) is 0 Å². The molecule has 4 heteroatoms. The maximum Gasteiger partial charge on any atom is 0.254 e. The second kappa shape index (κ2) is 7.78. The Hall–Kier alpha value is -2.62. The minimum Gasteiger partial charge on any atom is -0.349 e. The smallest absolute Gasteiger partial charge is 0.254 e. The van der Waals surface area contributed by atoms with Crippen molar-refractivity contribution >= 4 is 11.8 Å². The van der Waals surface area contributed by atoms with Crippen LogP contribution in [0, 0.1) is 0 Å². The standard InChI is InChI=1S/C24H28N2O2/c1-25(2)23(27)14-17-8-10-19(11-9-17)24(28)26-21-12-13-22(26)16-20(15-21)18-6-4-3-5-7-18/h3-11,20-22H,12-16H2,1-2H3/t20?,21-,22+. The van der Waals surface area contributed by atoms with E-state index < -0.39 is 0 Å². The summed E-state index contributed by atoms with van der Waals surface area (Å²) in [5, 5.41) is 0. The fraction of sp³-hybridized carbons (Fsp3) is 0.417. The number of carbonyl (C=O) groups excluding carboxylic acids is 2. The Morgan fingerprint density at radius 2 is 1.54 bits per heavy atom. The van der Waals surface area contributed by atoms with Gasteiger partial charge < -0.3 is 9.80 Å². The molecular weight excluding hydrogens is 348 g/mol. The van der Waals surface area contributed by atoms with Crippen molar-refractivity contribution in [2.45, 2.75) is 50.1 Å². The summed E-state index contributed by atoms with van der Waals surface area (Å²) in [5.74, 6) is 0.770. The van der Waals surface area contributed by atoms with Crippen LogP contribution in [0.4, 0.5) is 0 Å². The second-order valence-corrected chi connectivity index (χ2v) is 8.34. The van der Waals surface area contributed by atoms with E-state index in [1.807, 2.05) is 24.3 Å². The molecule has 2 heterocycles. The lowest BCUT2D eigenvalue weighted by Gasteiger charge is -2.39. The highest BCUT2D eigenvalue weighted by Crippen LogP contribution is 2.43. The molecule has 2 bridgehead atoms. The van der Waals surface area contributed by atoms with Gasteiger partial charge in [-0.3, -0.25) is 9.59 Å². The van der Waals surface area contributed by atoms with E-state index in [0.717, 1.165) is 36.8 Å². The lowest BCUT2D eigenvalue weighted by molar-refractivity contribution is -0.127. The van der Waals surface area contributed by atoms with Crippen LogP contribution in [0.3, 0.4) is 0 Å². The van der Waals surface area contributed by atoms with Gasteiger partial charge in [0.2, 0.25) is 5.91 Å². The fourth-order valence-electron chi connectivity index (χ4n) is 4.75. The Morgan fingerprint density at radius 1 is 0.929 bits per heavy atom. The van der Waals surface area contributed by atoms with Gasteiger partial charge in [0, 0.05) is 31.7 Å². The molecule has 2 aromatic rings. The lowest BCUT2D eigenvalue weighted by atomic mass is 9.85. The summed E-state index contributed by atoms with van der Waals surface area (Å²) in [6.07, 6.45) is 4.70. The topological polar surface area (TPSA) is 40.6 Å². The van der Waals surface area contributed by atoms with Crippen LogP contribution in [0.2, 0.25) is 0 Å². The molecule has 2 saturated heterocycles. The Balaban J connectivity index is 1.45. The monoisotopic (exact) mass is 376 g/mol. The van der Waals surface area contributed by atoms with Crippen molar-refractivity contribution in [3.63, 3.8) is 0 Å². The molecule has 146 valence electrons. The van der Waals surface area contributed by atoms with E-state index >= 15 is 0 Å². The molecule has 2 aliphatic rings. The zero-order valence-electron chi connectivity index (χ0n) is 16.7. The number of benzene rings is 2. The summed E-state index contributed by atoms with van der Waals surface area (Å²) in [6.45, 7) is 0. The van der Waals surface area contributed by atoms with E-state index in [1.165, 1.54) is 5.56 Å². The largest absolute Gasteiger partial charge is 0.349 e. The minimum atomic E-state index is 0.0695. The number of rotatable bonds is 4. The average molecular weight is 377 g/mol. The van der Waals surface area contributed by atoms with E-state index in [0.29, 0.717) is 24.4 Å². The molecule has 0 spiro atoms. The van der Waals surface area contributed by atoms with Crippen LogP contribution in [0.5, 0.6) is 0 Å². The van der Waals surface area contributed by atoms with Gasteiger partial charge in [0.1, 0.15) is 0 Å². The summed E-state index contributed by atoms with van der Waals surface area (Å²) >= 11 is 0. The Kier molecular flexibility index (Phi) is 5.21. The van der Waals surface area contributed by atoms with Crippen LogP contribution in [0.15, 0.2) is 54.6 Å². The molecule has 0 aliphatic carbocycles. The van der Waals surface area contributed by atoms with Crippen molar-refractivity contribution in [2.24, 2.45) is 0 Å². The maximum absolute atomic E-state index is 13.2. The maximum atomic E-state index is 13.2. The van der Waals surface area contributed by atoms with Gasteiger partial charge in [-0.15, -0.1) is 0 Å². The van der Waals surface area contributed by atoms with Gasteiger partial charge in [0.25, 0.3) is 5.91 Å². The van der Waals surface area contributed by atoms with Crippen molar-refractivity contribution < 1.29 is 9.59 Å². The number of carbonyl (C=O) groups is 2. The quantitative estimate of drug-likeness (QED) is 0.813. The molecule has 2 amide bonds. The molecule has 0 saturated carbocycles. The summed E-state index contributed by atoms with van der Waals surface area (Å²) in [5.41, 5.74) is 3.08. The first-order chi connectivity index (χ1) is 13.5. The third-order valence-corrected chi connectivity index (χ3v) is 6.29. The van der Waals surface area contributed by atoms with Crippen LogP contribution < -0.4 is 0 Å². The molecular formula is C24H28N2O2. The second-order valence-electron chi connectivity index (χ2n) is 8.34. The molecule has 2 fully saturated rings. The van der Waals surface area contributed by atoms with Gasteiger partial charge in [-0.1, -0.05) is 42.5 Å². The molecule has 2 aromatic carbocycles. The van der Waals surface area contributed by atoms with Crippen LogP contribution in [0.25, 0.3) is 0 Å². The highest BCUT2D eigenvalue weighted by molar-refractivity contribution is 5.95. The van der Waals surface area contributed by atoms with E-state index in [2.05, 4.69) is 35.2 Å². The SMILES string of the molecule is CN(C)C(=O)Cc1ccc(C(=O)N2[C@@H]3CC[C@H]2CC(c2ccccc2)C3)cc1. The molecule has 4 nitrogen and oxygen atoms in total. The van der Waals surface area contributed by atoms with Crippen molar-refractivity contribution in [2.75, 3.05) is 14.1 Å². The Morgan fingerprint density at radius 3 is 2.11 bits per heavy atom. The first-order valence-electron chi connectivity index (χ1n) is 10.2. The first-order valence-corrected chi connectivity index (χ1v) is 10.2. The highest BCUT2D eigenvalue weighted by atomic mass is 16.2. The van der Waals surface area contributed by atoms with Crippen LogP contribution >= 0.6 is 0 Å². The number of fused-ring (bicyclic) bond motifs is 2. The predicted octanol–water partition coefficient (Wildman–Crippen LogP) is 3.87. The average Bonchev–Trinajstić information content (AvgIpc) is 2.97. The zero-order chi connectivity index (χ0) is 19.7. The lowest BCUT2D eigenvalue weighted by Crippen LogP contribution is -2.46. The van der Waals surface area contributed by atoms with Gasteiger partial charge in [-0.25, -0.2) is 0 Å². The number of likely N-dealkylation sites (N-methyl/N-ethyl adjacent to an activating group) is 1. The molecule has 2 aliphatic heterocycles. The number of hydrogen-bond acceptors (Lipinski definition) is 2. The van der Waals surface area contributed by atoms with E-state index in [-0.39, 0.29) is 11.8 Å². The fourth-order valence-corrected chi connectivity index (χ4v) is 4.75. The summed E-state index contributed by atoms with van der Waals surface area (Å²) in [6, 6.07) is 19.0. The number of hydrogen-bond donors (Lipinski definition) is 0. The third kappa shape index (κ3) is 3.68. The number of amides is 2. The van der Waals surface area contributed by atoms with Gasteiger partial charge in [0.05, 0.1) is 6.42 Å². The van der Waals surface area contributed by atoms with Crippen molar-refractivity contribution in [3.05, 3.63) is 71.3 Å². The highest BCUT2D eigenvalue weighted by Gasteiger charge is 2.43. The van der Waals surface area contributed by atoms with Crippen molar-refractivity contribution in [1.29, 1.82) is 0 Å². The molecule has 28 heavy (non-hydrogen) atoms. The normalized spacial score (nSPS) is 23.5. The van der Waals surface area contributed by atoms with Crippen molar-refractivity contribution in [1.82, 2.24) is 9.80 Å². The summed E-state index contributed by atoms with van der Waals surface area (Å²) in [4.78, 5) is 28.8. The molecule has 0 aromatic heterocycles. The van der Waals surface area contributed by atoms with Gasteiger partial charge in [-0.2, -0.15) is 0 Å². The molecule has 3 atom stereocenters. The molecule has 4 rings (SSSR count). The van der Waals surface area contributed by atoms with E-state index in [4.69, 9.17) is 0 Å². The van der Waals surface area contributed by atoms with Crippen LogP contribution in [-0.2, 0) is 11.2 Å². The van der Waals surface area contributed by atoms with Crippen LogP contribution in [0.1, 0.15) is 53.1 Å². The van der Waals surface area contributed by atoms with E-state index in [9.17, 15) is 9.59 Å². The Bertz CT molecular complexity index is 831. The minimum absolute atomic E-state index is 0.0695. The molecule has 0 radical (unpaired) electrons. The van der Waals surface area contributed by atoms with Gasteiger partial charge in [0.15, 0.2) is 0 Å². The van der Waals surface area contributed by atoms with E-state index in [1.54, 1.807) is 19.0 Å². The molecule has 1 unspecified atom stereocenters. The number of piperidine rings is 1. The van der Waals surface area contributed by atoms with Gasteiger partial charge >= 0.3 is 0 Å². The van der Waals surface area contributed by atoms with Crippen LogP contribution in [-0.4, -0.2) is 47.8 Å². The van der Waals surface area contributed by atoms with Gasteiger partial charge in [-0.05, 0) is 54.9 Å². The Labute approximate surface area is 167 Å². The predicted molar refractivity (Wildman–Crippen MR) is 110 cm³/mol. The molecule has 0 N–H and O–H groups in total. The first kappa shape index (κ1) is 18.7.